The Labute approximate surface area is 131 Å². The van der Waals surface area contributed by atoms with E-state index in [1.54, 1.807) is 0 Å². The van der Waals surface area contributed by atoms with Gasteiger partial charge in [0.2, 0.25) is 11.4 Å². The third-order valence-corrected chi connectivity index (χ3v) is 3.45. The van der Waals surface area contributed by atoms with Crippen molar-refractivity contribution in [3.05, 3.63) is 27.8 Å². The lowest BCUT2D eigenvalue weighted by Gasteiger charge is -2.17. The van der Waals surface area contributed by atoms with Gasteiger partial charge < -0.3 is 18.9 Å². The lowest BCUT2D eigenvalue weighted by molar-refractivity contribution is -0.386. The molecule has 1 aliphatic carbocycles. The lowest BCUT2D eigenvalue weighted by atomic mass is 10.1. The molecule has 1 saturated carbocycles. The van der Waals surface area contributed by atoms with E-state index in [-0.39, 0.29) is 17.1 Å². The highest BCUT2D eigenvalue weighted by molar-refractivity contribution is 5.94. The number of rotatable bonds is 6. The highest BCUT2D eigenvalue weighted by Crippen LogP contribution is 2.45. The van der Waals surface area contributed by atoms with Crippen molar-refractivity contribution in [2.75, 3.05) is 21.3 Å². The minimum Gasteiger partial charge on any atom is -0.496 e. The Kier molecular flexibility index (Phi) is 4.39. The summed E-state index contributed by atoms with van der Waals surface area (Å²) in [6.07, 6.45) is 0.774. The van der Waals surface area contributed by atoms with Gasteiger partial charge >= 0.3 is 17.6 Å². The second kappa shape index (κ2) is 6.11. The third kappa shape index (κ3) is 3.03. The molecule has 0 aromatic heterocycles. The largest absolute Gasteiger partial charge is 0.496 e. The fourth-order valence-corrected chi connectivity index (χ4v) is 2.07. The van der Waals surface area contributed by atoms with Crippen LogP contribution in [0.5, 0.6) is 11.5 Å². The number of ether oxygens (including phenoxy) is 4. The smallest absolute Gasteiger partial charge is 0.350 e. The Balaban J connectivity index is 2.48. The first-order valence-electron chi connectivity index (χ1n) is 6.60. The van der Waals surface area contributed by atoms with Crippen LogP contribution in [0, 0.1) is 10.1 Å². The highest BCUT2D eigenvalue weighted by atomic mass is 16.6. The van der Waals surface area contributed by atoms with E-state index in [1.165, 1.54) is 20.3 Å². The number of nitro groups is 1. The van der Waals surface area contributed by atoms with Gasteiger partial charge in [-0.1, -0.05) is 0 Å². The molecule has 0 unspecified atom stereocenters. The molecule has 9 heteroatoms. The molecule has 1 aliphatic rings. The molecule has 23 heavy (non-hydrogen) atoms. The van der Waals surface area contributed by atoms with Crippen LogP contribution in [0.15, 0.2) is 12.1 Å². The molecule has 0 atom stereocenters. The molecular formula is C14H15NO8. The summed E-state index contributed by atoms with van der Waals surface area (Å²) in [5.74, 6) is -1.53. The van der Waals surface area contributed by atoms with Crippen LogP contribution in [-0.2, 0) is 14.3 Å². The molecule has 2 rings (SSSR count). The summed E-state index contributed by atoms with van der Waals surface area (Å²) < 4.78 is 19.8. The van der Waals surface area contributed by atoms with Gasteiger partial charge in [0.1, 0.15) is 11.3 Å². The quantitative estimate of drug-likeness (QED) is 0.439. The van der Waals surface area contributed by atoms with Gasteiger partial charge in [0, 0.05) is 25.0 Å². The van der Waals surface area contributed by atoms with Crippen LogP contribution in [-0.4, -0.2) is 43.8 Å². The van der Waals surface area contributed by atoms with E-state index in [9.17, 15) is 19.7 Å². The van der Waals surface area contributed by atoms with Crippen LogP contribution in [0.2, 0.25) is 0 Å². The maximum absolute atomic E-state index is 11.7. The first kappa shape index (κ1) is 16.5. The van der Waals surface area contributed by atoms with E-state index < -0.39 is 28.2 Å². The highest BCUT2D eigenvalue weighted by Gasteiger charge is 2.55. The summed E-state index contributed by atoms with van der Waals surface area (Å²) in [5.41, 5.74) is -1.81. The van der Waals surface area contributed by atoms with Gasteiger partial charge in [-0.05, 0) is 0 Å². The first-order valence-corrected chi connectivity index (χ1v) is 6.60. The Bertz CT molecular complexity index is 665. The second-order valence-electron chi connectivity index (χ2n) is 4.86. The zero-order valence-electron chi connectivity index (χ0n) is 12.8. The minimum absolute atomic E-state index is 0.0399. The Hall–Kier alpha value is -2.84. The maximum atomic E-state index is 11.7. The van der Waals surface area contributed by atoms with E-state index in [0.717, 1.165) is 13.2 Å². The van der Waals surface area contributed by atoms with E-state index in [0.29, 0.717) is 12.8 Å². The van der Waals surface area contributed by atoms with Crippen LogP contribution in [0.4, 0.5) is 5.69 Å². The molecule has 1 aromatic carbocycles. The fraction of sp³-hybridized carbons (Fsp3) is 0.429. The number of carbonyl (C=O) groups excluding carboxylic acids is 2. The minimum atomic E-state index is -1.22. The number of methoxy groups -OCH3 is 3. The van der Waals surface area contributed by atoms with Crippen LogP contribution in [0.3, 0.4) is 0 Å². The molecule has 1 aromatic rings. The SMILES string of the molecule is COC(=O)c1cc([N+](=O)[O-])c(OC2(C(=O)OC)CC2)cc1OC. The summed E-state index contributed by atoms with van der Waals surface area (Å²) in [6.45, 7) is 0. The predicted molar refractivity (Wildman–Crippen MR) is 75.6 cm³/mol. The van der Waals surface area contributed by atoms with Crippen molar-refractivity contribution >= 4 is 17.6 Å². The van der Waals surface area contributed by atoms with Crippen molar-refractivity contribution in [1.29, 1.82) is 0 Å². The molecule has 0 radical (unpaired) electrons. The third-order valence-electron chi connectivity index (χ3n) is 3.45. The van der Waals surface area contributed by atoms with E-state index >= 15 is 0 Å². The zero-order chi connectivity index (χ0) is 17.2. The molecular weight excluding hydrogens is 310 g/mol. The molecule has 9 nitrogen and oxygen atoms in total. The van der Waals surface area contributed by atoms with Crippen LogP contribution >= 0.6 is 0 Å². The van der Waals surface area contributed by atoms with Gasteiger partial charge in [0.15, 0.2) is 0 Å². The standard InChI is InChI=1S/C14H15NO8/c1-20-10-7-11(23-14(4-5-14)13(17)22-3)9(15(18)19)6-8(10)12(16)21-2/h6-7H,4-5H2,1-3H3. The molecule has 0 saturated heterocycles. The van der Waals surface area contributed by atoms with Gasteiger partial charge in [0.05, 0.1) is 26.3 Å². The monoisotopic (exact) mass is 325 g/mol. The number of nitro benzene ring substituents is 1. The molecule has 1 fully saturated rings. The van der Waals surface area contributed by atoms with Crippen molar-refractivity contribution in [2.24, 2.45) is 0 Å². The molecule has 0 bridgehead atoms. The van der Waals surface area contributed by atoms with Crippen molar-refractivity contribution in [2.45, 2.75) is 18.4 Å². The topological polar surface area (TPSA) is 114 Å². The van der Waals surface area contributed by atoms with Crippen molar-refractivity contribution in [3.63, 3.8) is 0 Å². The second-order valence-corrected chi connectivity index (χ2v) is 4.86. The maximum Gasteiger partial charge on any atom is 0.350 e. The van der Waals surface area contributed by atoms with Crippen molar-refractivity contribution in [1.82, 2.24) is 0 Å². The number of carbonyl (C=O) groups is 2. The number of nitrogens with zero attached hydrogens (tertiary/aromatic N) is 1. The molecule has 0 N–H and O–H groups in total. The number of esters is 2. The number of hydrogen-bond donors (Lipinski definition) is 0. The summed E-state index contributed by atoms with van der Waals surface area (Å²) in [5, 5.41) is 11.2. The van der Waals surface area contributed by atoms with E-state index in [4.69, 9.17) is 9.47 Å². The van der Waals surface area contributed by atoms with Gasteiger partial charge in [-0.2, -0.15) is 0 Å². The van der Waals surface area contributed by atoms with Crippen LogP contribution < -0.4 is 9.47 Å². The van der Waals surface area contributed by atoms with Crippen molar-refractivity contribution in [3.8, 4) is 11.5 Å². The predicted octanol–water partition coefficient (Wildman–Crippen LogP) is 1.47. The molecule has 0 amide bonds. The van der Waals surface area contributed by atoms with Gasteiger partial charge in [-0.25, -0.2) is 9.59 Å². The van der Waals surface area contributed by atoms with E-state index in [1.807, 2.05) is 0 Å². The summed E-state index contributed by atoms with van der Waals surface area (Å²) in [4.78, 5) is 34.0. The van der Waals surface area contributed by atoms with Crippen molar-refractivity contribution < 1.29 is 33.5 Å². The molecule has 0 spiro atoms. The Morgan fingerprint density at radius 2 is 1.78 bits per heavy atom. The average molecular weight is 325 g/mol. The lowest BCUT2D eigenvalue weighted by Crippen LogP contribution is -2.31. The first-order chi connectivity index (χ1) is 10.9. The Morgan fingerprint density at radius 1 is 1.13 bits per heavy atom. The number of hydrogen-bond acceptors (Lipinski definition) is 8. The average Bonchev–Trinajstić information content (AvgIpc) is 3.33. The summed E-state index contributed by atoms with van der Waals surface area (Å²) in [6, 6.07) is 2.18. The molecule has 0 aliphatic heterocycles. The normalized spacial score (nSPS) is 14.6. The summed E-state index contributed by atoms with van der Waals surface area (Å²) in [7, 11) is 3.65. The van der Waals surface area contributed by atoms with Gasteiger partial charge in [-0.15, -0.1) is 0 Å². The fourth-order valence-electron chi connectivity index (χ4n) is 2.07. The van der Waals surface area contributed by atoms with Crippen LogP contribution in [0.25, 0.3) is 0 Å². The van der Waals surface area contributed by atoms with Gasteiger partial charge in [0.25, 0.3) is 0 Å². The molecule has 124 valence electrons. The number of benzene rings is 1. The molecule has 0 heterocycles. The van der Waals surface area contributed by atoms with Crippen LogP contribution in [0.1, 0.15) is 23.2 Å². The van der Waals surface area contributed by atoms with E-state index in [2.05, 4.69) is 9.47 Å². The Morgan fingerprint density at radius 3 is 2.22 bits per heavy atom. The van der Waals surface area contributed by atoms with Gasteiger partial charge in [-0.3, -0.25) is 10.1 Å². The summed E-state index contributed by atoms with van der Waals surface area (Å²) >= 11 is 0. The zero-order valence-corrected chi connectivity index (χ0v) is 12.8.